The molecule has 0 fully saturated rings. The average Bonchev–Trinajstić information content (AvgIpc) is 2.67. The van der Waals surface area contributed by atoms with Crippen LogP contribution >= 0.6 is 0 Å². The molecule has 1 heterocycles. The smallest absolute Gasteiger partial charge is 0.101 e. The van der Waals surface area contributed by atoms with Gasteiger partial charge in [0.25, 0.3) is 0 Å². The molecule has 0 aliphatic heterocycles. The van der Waals surface area contributed by atoms with Crippen LogP contribution in [0, 0.1) is 11.3 Å². The molecule has 0 unspecified atom stereocenters. The summed E-state index contributed by atoms with van der Waals surface area (Å²) in [7, 11) is 0. The van der Waals surface area contributed by atoms with E-state index in [1.54, 1.807) is 6.20 Å². The van der Waals surface area contributed by atoms with Crippen LogP contribution in [0.15, 0.2) is 36.7 Å². The summed E-state index contributed by atoms with van der Waals surface area (Å²) in [5.41, 5.74) is 5.39. The van der Waals surface area contributed by atoms with E-state index in [-0.39, 0.29) is 0 Å². The van der Waals surface area contributed by atoms with Crippen molar-refractivity contribution < 1.29 is 0 Å². The third-order valence-electron chi connectivity index (χ3n) is 2.81. The van der Waals surface area contributed by atoms with Gasteiger partial charge in [-0.15, -0.1) is 0 Å². The van der Waals surface area contributed by atoms with Crippen LogP contribution in [0.25, 0.3) is 11.1 Å². The van der Waals surface area contributed by atoms with Crippen molar-refractivity contribution in [2.45, 2.75) is 6.42 Å². The van der Waals surface area contributed by atoms with E-state index >= 15 is 0 Å². The minimum absolute atomic E-state index is 0.678. The predicted molar refractivity (Wildman–Crippen MR) is 57.2 cm³/mol. The standard InChI is InChI=1S/C13H8N2/c14-6-11-8-15-7-10-5-9-3-1-2-4-12(9)13(10)11/h1-4,7-8H,5H2. The summed E-state index contributed by atoms with van der Waals surface area (Å²) in [6.07, 6.45) is 4.39. The number of hydrogen-bond acceptors (Lipinski definition) is 2. The number of rotatable bonds is 0. The van der Waals surface area contributed by atoms with E-state index < -0.39 is 0 Å². The van der Waals surface area contributed by atoms with Crippen molar-refractivity contribution in [2.24, 2.45) is 0 Å². The number of aromatic nitrogens is 1. The third-order valence-corrected chi connectivity index (χ3v) is 2.81. The Morgan fingerprint density at radius 3 is 2.87 bits per heavy atom. The Morgan fingerprint density at radius 2 is 2.00 bits per heavy atom. The van der Waals surface area contributed by atoms with E-state index in [1.165, 1.54) is 11.1 Å². The molecule has 2 nitrogen and oxygen atoms in total. The minimum Gasteiger partial charge on any atom is -0.263 e. The second-order valence-electron chi connectivity index (χ2n) is 3.67. The molecule has 2 heteroatoms. The molecule has 15 heavy (non-hydrogen) atoms. The van der Waals surface area contributed by atoms with Crippen molar-refractivity contribution in [1.82, 2.24) is 4.98 Å². The van der Waals surface area contributed by atoms with Gasteiger partial charge in [0.1, 0.15) is 6.07 Å². The van der Waals surface area contributed by atoms with Crippen LogP contribution in [-0.2, 0) is 6.42 Å². The maximum absolute atomic E-state index is 9.04. The van der Waals surface area contributed by atoms with E-state index in [0.29, 0.717) is 5.56 Å². The van der Waals surface area contributed by atoms with Gasteiger partial charge in [-0.05, 0) is 16.7 Å². The summed E-state index contributed by atoms with van der Waals surface area (Å²) in [5.74, 6) is 0. The molecule has 0 N–H and O–H groups in total. The van der Waals surface area contributed by atoms with Crippen LogP contribution in [-0.4, -0.2) is 4.98 Å². The first kappa shape index (κ1) is 8.19. The number of nitriles is 1. The van der Waals surface area contributed by atoms with Gasteiger partial charge >= 0.3 is 0 Å². The lowest BCUT2D eigenvalue weighted by molar-refractivity contribution is 1.19. The zero-order chi connectivity index (χ0) is 10.3. The lowest BCUT2D eigenvalue weighted by Crippen LogP contribution is -1.87. The maximum atomic E-state index is 9.04. The molecule has 1 aliphatic carbocycles. The normalized spacial score (nSPS) is 11.7. The fourth-order valence-corrected chi connectivity index (χ4v) is 2.16. The Bertz CT molecular complexity index is 579. The van der Waals surface area contributed by atoms with Gasteiger partial charge < -0.3 is 0 Å². The number of fused-ring (bicyclic) bond motifs is 3. The minimum atomic E-state index is 0.678. The van der Waals surface area contributed by atoms with Gasteiger partial charge in [0, 0.05) is 24.4 Å². The van der Waals surface area contributed by atoms with E-state index in [1.807, 2.05) is 18.3 Å². The molecule has 0 amide bonds. The largest absolute Gasteiger partial charge is 0.263 e. The summed E-state index contributed by atoms with van der Waals surface area (Å²) in [4.78, 5) is 4.09. The molecule has 1 aliphatic rings. The van der Waals surface area contributed by atoms with Gasteiger partial charge in [0.15, 0.2) is 0 Å². The Labute approximate surface area is 87.8 Å². The van der Waals surface area contributed by atoms with Gasteiger partial charge in [-0.1, -0.05) is 24.3 Å². The lowest BCUT2D eigenvalue weighted by atomic mass is 10.0. The second kappa shape index (κ2) is 2.93. The van der Waals surface area contributed by atoms with Gasteiger partial charge in [-0.2, -0.15) is 5.26 Å². The molecule has 0 saturated carbocycles. The highest BCUT2D eigenvalue weighted by molar-refractivity contribution is 5.80. The lowest BCUT2D eigenvalue weighted by Gasteiger charge is -2.01. The van der Waals surface area contributed by atoms with Crippen molar-refractivity contribution in [1.29, 1.82) is 5.26 Å². The average molecular weight is 192 g/mol. The zero-order valence-electron chi connectivity index (χ0n) is 8.07. The van der Waals surface area contributed by atoms with Gasteiger partial charge in [0.2, 0.25) is 0 Å². The molecule has 0 radical (unpaired) electrons. The molecule has 70 valence electrons. The Hall–Kier alpha value is -2.14. The summed E-state index contributed by atoms with van der Waals surface area (Å²) in [5, 5.41) is 9.04. The van der Waals surface area contributed by atoms with E-state index in [9.17, 15) is 0 Å². The van der Waals surface area contributed by atoms with Crippen molar-refractivity contribution in [3.05, 3.63) is 53.3 Å². The Kier molecular flexibility index (Phi) is 1.60. The second-order valence-corrected chi connectivity index (χ2v) is 3.67. The number of benzene rings is 1. The Morgan fingerprint density at radius 1 is 1.13 bits per heavy atom. The fraction of sp³-hybridized carbons (Fsp3) is 0.0769. The van der Waals surface area contributed by atoms with Crippen LogP contribution in [0.2, 0.25) is 0 Å². The van der Waals surface area contributed by atoms with E-state index in [2.05, 4.69) is 23.2 Å². The Balaban J connectivity index is 2.36. The highest BCUT2D eigenvalue weighted by atomic mass is 14.6. The molecular formula is C13H8N2. The predicted octanol–water partition coefficient (Wildman–Crippen LogP) is 2.52. The molecule has 0 saturated heterocycles. The molecule has 0 spiro atoms. The molecular weight excluding hydrogens is 184 g/mol. The van der Waals surface area contributed by atoms with Gasteiger partial charge in [-0.25, -0.2) is 0 Å². The quantitative estimate of drug-likeness (QED) is 0.548. The highest BCUT2D eigenvalue weighted by Gasteiger charge is 2.20. The van der Waals surface area contributed by atoms with Crippen LogP contribution in [0.3, 0.4) is 0 Å². The third kappa shape index (κ3) is 1.07. The zero-order valence-corrected chi connectivity index (χ0v) is 8.07. The van der Waals surface area contributed by atoms with Crippen molar-refractivity contribution in [2.75, 3.05) is 0 Å². The number of hydrogen-bond donors (Lipinski definition) is 0. The molecule has 1 aromatic heterocycles. The highest BCUT2D eigenvalue weighted by Crippen LogP contribution is 2.37. The first-order chi connectivity index (χ1) is 7.40. The molecule has 1 aromatic carbocycles. The summed E-state index contributed by atoms with van der Waals surface area (Å²) < 4.78 is 0. The van der Waals surface area contributed by atoms with Crippen molar-refractivity contribution in [3.63, 3.8) is 0 Å². The summed E-state index contributed by atoms with van der Waals surface area (Å²) in [6.45, 7) is 0. The van der Waals surface area contributed by atoms with Gasteiger partial charge in [-0.3, -0.25) is 4.98 Å². The molecule has 0 atom stereocenters. The SMILES string of the molecule is N#Cc1cncc2c1-c1ccccc1C2. The van der Waals surface area contributed by atoms with E-state index in [0.717, 1.165) is 17.5 Å². The van der Waals surface area contributed by atoms with Crippen LogP contribution < -0.4 is 0 Å². The van der Waals surface area contributed by atoms with Crippen molar-refractivity contribution >= 4 is 0 Å². The topological polar surface area (TPSA) is 36.7 Å². The number of pyridine rings is 1. The molecule has 2 aromatic rings. The maximum Gasteiger partial charge on any atom is 0.101 e. The number of nitrogens with zero attached hydrogens (tertiary/aromatic N) is 2. The van der Waals surface area contributed by atoms with Crippen molar-refractivity contribution in [3.8, 4) is 17.2 Å². The van der Waals surface area contributed by atoms with Crippen LogP contribution in [0.1, 0.15) is 16.7 Å². The molecule has 3 rings (SSSR count). The summed E-state index contributed by atoms with van der Waals surface area (Å²) in [6, 6.07) is 10.4. The fourth-order valence-electron chi connectivity index (χ4n) is 2.16. The van der Waals surface area contributed by atoms with E-state index in [4.69, 9.17) is 5.26 Å². The van der Waals surface area contributed by atoms with Crippen LogP contribution in [0.4, 0.5) is 0 Å². The summed E-state index contributed by atoms with van der Waals surface area (Å²) >= 11 is 0. The molecule has 0 bridgehead atoms. The first-order valence-electron chi connectivity index (χ1n) is 4.85. The first-order valence-corrected chi connectivity index (χ1v) is 4.85. The van der Waals surface area contributed by atoms with Gasteiger partial charge in [0.05, 0.1) is 5.56 Å². The monoisotopic (exact) mass is 192 g/mol. The van der Waals surface area contributed by atoms with Crippen LogP contribution in [0.5, 0.6) is 0 Å².